The molecule has 1 atom stereocenters. The van der Waals surface area contributed by atoms with Crippen LogP contribution >= 0.6 is 11.8 Å². The zero-order valence-electron chi connectivity index (χ0n) is 21.2. The zero-order valence-corrected chi connectivity index (χ0v) is 22.0. The van der Waals surface area contributed by atoms with Crippen molar-refractivity contribution in [3.05, 3.63) is 82.5 Å². The van der Waals surface area contributed by atoms with Crippen LogP contribution in [0.15, 0.2) is 82.0 Å². The molecule has 0 bridgehead atoms. The fraction of sp³-hybridized carbons (Fsp3) is 0.321. The molecule has 0 N–H and O–H groups in total. The van der Waals surface area contributed by atoms with Crippen molar-refractivity contribution in [2.45, 2.75) is 46.3 Å². The van der Waals surface area contributed by atoms with E-state index in [1.807, 2.05) is 92.6 Å². The fourth-order valence-corrected chi connectivity index (χ4v) is 5.03. The molecule has 0 spiro atoms. The largest absolute Gasteiger partial charge is 0.459 e. The molecule has 0 saturated heterocycles. The Hall–Kier alpha value is -3.52. The molecular weight excluding hydrogens is 474 g/mol. The average molecular weight is 506 g/mol. The van der Waals surface area contributed by atoms with Crippen LogP contribution in [0.4, 0.5) is 0 Å². The molecule has 0 aromatic heterocycles. The molecule has 36 heavy (non-hydrogen) atoms. The molecule has 2 aliphatic heterocycles. The van der Waals surface area contributed by atoms with E-state index in [-0.39, 0.29) is 18.4 Å². The first-order valence-electron chi connectivity index (χ1n) is 12.0. The molecule has 4 rings (SSSR count). The molecule has 188 valence electrons. The lowest BCUT2D eigenvalue weighted by atomic mass is 9.93. The van der Waals surface area contributed by atoms with Gasteiger partial charge in [0.2, 0.25) is 5.91 Å². The van der Waals surface area contributed by atoms with Gasteiger partial charge in [0.1, 0.15) is 11.5 Å². The Balaban J connectivity index is 1.75. The number of amidine groups is 1. The van der Waals surface area contributed by atoms with Gasteiger partial charge in [-0.2, -0.15) is 0 Å². The van der Waals surface area contributed by atoms with Crippen molar-refractivity contribution in [3.8, 4) is 11.5 Å². The number of aliphatic imine (C=N–C) groups is 1. The third-order valence-electron chi connectivity index (χ3n) is 5.95. The van der Waals surface area contributed by atoms with Gasteiger partial charge in [0.05, 0.1) is 29.8 Å². The van der Waals surface area contributed by atoms with Gasteiger partial charge in [0.25, 0.3) is 0 Å². The van der Waals surface area contributed by atoms with Gasteiger partial charge in [0.15, 0.2) is 5.17 Å². The molecule has 2 aromatic rings. The van der Waals surface area contributed by atoms with Gasteiger partial charge >= 0.3 is 5.97 Å². The van der Waals surface area contributed by atoms with E-state index >= 15 is 0 Å². The number of nitrogens with zero attached hydrogens (tertiary/aromatic N) is 3. The normalized spacial score (nSPS) is 16.9. The quantitative estimate of drug-likeness (QED) is 0.418. The monoisotopic (exact) mass is 505 g/mol. The number of thioether (sulfide) groups is 1. The number of hydrogen-bond donors (Lipinski definition) is 0. The summed E-state index contributed by atoms with van der Waals surface area (Å²) in [5.41, 5.74) is 2.70. The third kappa shape index (κ3) is 5.49. The molecule has 1 unspecified atom stereocenters. The molecule has 0 aliphatic carbocycles. The number of benzene rings is 2. The summed E-state index contributed by atoms with van der Waals surface area (Å²) in [6, 6.07) is 16.7. The summed E-state index contributed by atoms with van der Waals surface area (Å²) in [6.45, 7) is 8.03. The van der Waals surface area contributed by atoms with Crippen LogP contribution in [0.25, 0.3) is 0 Å². The Morgan fingerprint density at radius 3 is 2.53 bits per heavy atom. The summed E-state index contributed by atoms with van der Waals surface area (Å²) in [7, 11) is 1.79. The Morgan fingerprint density at radius 2 is 1.83 bits per heavy atom. The number of para-hydroxylation sites is 1. The van der Waals surface area contributed by atoms with Crippen molar-refractivity contribution in [1.82, 2.24) is 9.80 Å². The molecule has 7 nitrogen and oxygen atoms in total. The van der Waals surface area contributed by atoms with E-state index in [4.69, 9.17) is 14.5 Å². The molecular formula is C28H31N3O4S. The molecule has 1 amide bonds. The van der Waals surface area contributed by atoms with Crippen LogP contribution in [0.2, 0.25) is 0 Å². The minimum Gasteiger partial charge on any atom is -0.459 e. The van der Waals surface area contributed by atoms with Gasteiger partial charge in [-0.3, -0.25) is 4.79 Å². The highest BCUT2D eigenvalue weighted by Gasteiger charge is 2.41. The van der Waals surface area contributed by atoms with Crippen molar-refractivity contribution < 1.29 is 19.1 Å². The summed E-state index contributed by atoms with van der Waals surface area (Å²) in [5, 5.41) is 2.68. The van der Waals surface area contributed by atoms with E-state index in [0.717, 1.165) is 22.2 Å². The van der Waals surface area contributed by atoms with Crippen LogP contribution in [-0.4, -0.2) is 46.5 Å². The Morgan fingerprint density at radius 1 is 1.11 bits per heavy atom. The first-order chi connectivity index (χ1) is 17.3. The lowest BCUT2D eigenvalue weighted by molar-refractivity contribution is -0.143. The molecule has 2 heterocycles. The smallest absolute Gasteiger partial charge is 0.338 e. The average Bonchev–Trinajstić information content (AvgIpc) is 3.24. The number of rotatable bonds is 8. The molecule has 0 saturated carbocycles. The molecule has 0 radical (unpaired) electrons. The zero-order chi connectivity index (χ0) is 25.8. The molecule has 2 aliphatic rings. The Kier molecular flexibility index (Phi) is 7.84. The van der Waals surface area contributed by atoms with Crippen LogP contribution < -0.4 is 4.74 Å². The van der Waals surface area contributed by atoms with E-state index in [0.29, 0.717) is 23.6 Å². The van der Waals surface area contributed by atoms with Gasteiger partial charge in [-0.05, 0) is 62.9 Å². The van der Waals surface area contributed by atoms with Crippen LogP contribution in [0.5, 0.6) is 11.5 Å². The van der Waals surface area contributed by atoms with Gasteiger partial charge < -0.3 is 19.3 Å². The number of allylic oxidation sites excluding steroid dienone is 1. The first kappa shape index (κ1) is 25.6. The molecule has 2 aromatic carbocycles. The van der Waals surface area contributed by atoms with E-state index in [9.17, 15) is 9.59 Å². The number of hydrogen-bond acceptors (Lipinski definition) is 7. The van der Waals surface area contributed by atoms with Crippen molar-refractivity contribution in [2.75, 3.05) is 13.6 Å². The van der Waals surface area contributed by atoms with Crippen molar-refractivity contribution in [3.63, 3.8) is 0 Å². The van der Waals surface area contributed by atoms with Crippen molar-refractivity contribution >= 4 is 28.8 Å². The van der Waals surface area contributed by atoms with E-state index in [1.54, 1.807) is 11.9 Å². The molecule has 8 heteroatoms. The van der Waals surface area contributed by atoms with E-state index in [1.165, 1.54) is 11.8 Å². The van der Waals surface area contributed by atoms with Crippen LogP contribution in [-0.2, 0) is 14.3 Å². The number of fused-ring (bicyclic) bond motifs is 1. The maximum Gasteiger partial charge on any atom is 0.338 e. The van der Waals surface area contributed by atoms with Gasteiger partial charge in [0, 0.05) is 19.3 Å². The number of ether oxygens (including phenoxy) is 2. The van der Waals surface area contributed by atoms with Crippen molar-refractivity contribution in [1.29, 1.82) is 0 Å². The minimum absolute atomic E-state index is 0.00286. The number of carbonyl (C=O) groups is 2. The second-order valence-electron chi connectivity index (χ2n) is 8.92. The van der Waals surface area contributed by atoms with Crippen molar-refractivity contribution in [2.24, 2.45) is 4.99 Å². The number of carbonyl (C=O) groups excluding carboxylic acids is 2. The van der Waals surface area contributed by atoms with Crippen LogP contribution in [0.1, 0.15) is 45.7 Å². The lowest BCUT2D eigenvalue weighted by Gasteiger charge is -2.36. The minimum atomic E-state index is -0.510. The maximum absolute atomic E-state index is 13.3. The maximum atomic E-state index is 13.3. The highest BCUT2D eigenvalue weighted by Crippen LogP contribution is 2.45. The second kappa shape index (κ2) is 11.0. The lowest BCUT2D eigenvalue weighted by Crippen LogP contribution is -2.38. The summed E-state index contributed by atoms with van der Waals surface area (Å²) in [4.78, 5) is 34.5. The molecule has 0 fully saturated rings. The third-order valence-corrected chi connectivity index (χ3v) is 6.84. The second-order valence-corrected chi connectivity index (χ2v) is 9.76. The van der Waals surface area contributed by atoms with E-state index < -0.39 is 12.0 Å². The topological polar surface area (TPSA) is 71.4 Å². The summed E-state index contributed by atoms with van der Waals surface area (Å²) in [5.74, 6) is 0.953. The highest BCUT2D eigenvalue weighted by molar-refractivity contribution is 8.16. The van der Waals surface area contributed by atoms with Crippen LogP contribution in [0, 0.1) is 0 Å². The predicted octanol–water partition coefficient (Wildman–Crippen LogP) is 5.87. The van der Waals surface area contributed by atoms with Gasteiger partial charge in [-0.15, -0.1) is 0 Å². The van der Waals surface area contributed by atoms with Gasteiger partial charge in [-0.25, -0.2) is 9.79 Å². The summed E-state index contributed by atoms with van der Waals surface area (Å²) >= 11 is 1.46. The van der Waals surface area contributed by atoms with Crippen LogP contribution in [0.3, 0.4) is 0 Å². The van der Waals surface area contributed by atoms with Gasteiger partial charge in [-0.1, -0.05) is 42.1 Å². The Labute approximate surface area is 216 Å². The Bertz CT molecular complexity index is 1240. The fourth-order valence-electron chi connectivity index (χ4n) is 4.06. The highest BCUT2D eigenvalue weighted by atomic mass is 32.2. The number of esters is 1. The first-order valence-corrected chi connectivity index (χ1v) is 12.9. The SMILES string of the molecule is CCN(C)C(=O)CC1=CSC2=NC(C)=C(C(=O)OC(C)C)C(c3cccc(Oc4ccccc4)c3)N12. The summed E-state index contributed by atoms with van der Waals surface area (Å²) < 4.78 is 11.7. The van der Waals surface area contributed by atoms with E-state index in [2.05, 4.69) is 0 Å². The summed E-state index contributed by atoms with van der Waals surface area (Å²) in [6.07, 6.45) is -0.0714. The standard InChI is InChI=1S/C28H31N3O4S/c1-6-30(5)24(32)16-21-17-36-28-29-19(4)25(27(33)34-18(2)3)26(31(21)28)20-11-10-14-23(15-20)35-22-12-8-7-9-13-22/h7-15,17-18,26H,6,16H2,1-5H3. The number of amides is 1. The predicted molar refractivity (Wildman–Crippen MR) is 143 cm³/mol.